The summed E-state index contributed by atoms with van der Waals surface area (Å²) in [5, 5.41) is 8.56. The van der Waals surface area contributed by atoms with Gasteiger partial charge in [0.05, 0.1) is 6.42 Å². The maximum absolute atomic E-state index is 10.4. The molecule has 2 N–H and O–H groups in total. The third-order valence-corrected chi connectivity index (χ3v) is 2.16. The molecule has 2 aromatic rings. The fraction of sp³-hybridized carbons (Fsp3) is 0.200. The zero-order valence-electron chi connectivity index (χ0n) is 7.60. The largest absolute Gasteiger partial charge is 0.481 e. The molecule has 0 saturated carbocycles. The third kappa shape index (κ3) is 1.59. The van der Waals surface area contributed by atoms with Crippen LogP contribution in [-0.4, -0.2) is 16.1 Å². The Labute approximate surface area is 80.8 Å². The van der Waals surface area contributed by atoms with Gasteiger partial charge in [-0.25, -0.2) is 9.55 Å². The predicted octanol–water partition coefficient (Wildman–Crippen LogP) is 0.930. The number of benzene rings is 1. The van der Waals surface area contributed by atoms with E-state index in [0.717, 1.165) is 11.0 Å². The Morgan fingerprint density at radius 3 is 3.00 bits per heavy atom. The van der Waals surface area contributed by atoms with E-state index in [4.69, 9.17) is 5.11 Å². The van der Waals surface area contributed by atoms with Crippen LogP contribution in [0.5, 0.6) is 0 Å². The number of aryl methyl sites for hydroxylation is 1. The Bertz CT molecular complexity index is 462. The van der Waals surface area contributed by atoms with E-state index >= 15 is 0 Å². The molecule has 0 fully saturated rings. The van der Waals surface area contributed by atoms with Gasteiger partial charge in [-0.2, -0.15) is 0 Å². The van der Waals surface area contributed by atoms with Crippen LogP contribution in [0, 0.1) is 0 Å². The number of H-pyrrole nitrogens is 1. The lowest BCUT2D eigenvalue weighted by atomic mass is 10.3. The van der Waals surface area contributed by atoms with Crippen molar-refractivity contribution in [1.29, 1.82) is 0 Å². The summed E-state index contributed by atoms with van der Waals surface area (Å²) >= 11 is 0. The first-order valence-electron chi connectivity index (χ1n) is 4.45. The summed E-state index contributed by atoms with van der Waals surface area (Å²) in [6.45, 7) is 0.499. The number of nitrogens with one attached hydrogen (secondary N) is 1. The van der Waals surface area contributed by atoms with Crippen LogP contribution in [0.3, 0.4) is 0 Å². The monoisotopic (exact) mass is 191 g/mol. The first-order valence-corrected chi connectivity index (χ1v) is 4.45. The molecule has 14 heavy (non-hydrogen) atoms. The normalized spacial score (nSPS) is 10.6. The summed E-state index contributed by atoms with van der Waals surface area (Å²) < 4.78 is 1.91. The number of nitrogens with zero attached hydrogens (tertiary/aromatic N) is 1. The lowest BCUT2D eigenvalue weighted by Gasteiger charge is -1.93. The minimum Gasteiger partial charge on any atom is -0.481 e. The average Bonchev–Trinajstić information content (AvgIpc) is 2.58. The zero-order valence-corrected chi connectivity index (χ0v) is 7.60. The summed E-state index contributed by atoms with van der Waals surface area (Å²) in [7, 11) is 0. The second-order valence-electron chi connectivity index (χ2n) is 3.13. The molecular weight excluding hydrogens is 180 g/mol. The van der Waals surface area contributed by atoms with Crippen LogP contribution < -0.4 is 4.57 Å². The SMILES string of the molecule is O=C(O)CC[n+]1c[nH]c2ccccc21. The second kappa shape index (κ2) is 3.49. The Kier molecular flexibility index (Phi) is 2.18. The molecule has 0 spiro atoms. The summed E-state index contributed by atoms with van der Waals surface area (Å²) in [6.07, 6.45) is 1.94. The minimum absolute atomic E-state index is 0.145. The van der Waals surface area contributed by atoms with Gasteiger partial charge in [-0.3, -0.25) is 4.79 Å². The van der Waals surface area contributed by atoms with Gasteiger partial charge in [0.1, 0.15) is 6.54 Å². The van der Waals surface area contributed by atoms with Crippen LogP contribution >= 0.6 is 0 Å². The molecule has 4 heteroatoms. The Hall–Kier alpha value is -1.84. The quantitative estimate of drug-likeness (QED) is 0.709. The van der Waals surface area contributed by atoms with Gasteiger partial charge in [0.2, 0.25) is 6.33 Å². The van der Waals surface area contributed by atoms with Crippen molar-refractivity contribution < 1.29 is 14.5 Å². The molecule has 2 rings (SSSR count). The molecule has 0 aliphatic heterocycles. The first-order chi connectivity index (χ1) is 6.77. The topological polar surface area (TPSA) is 57.0 Å². The number of aromatic nitrogens is 2. The molecule has 0 radical (unpaired) electrons. The molecule has 4 nitrogen and oxygen atoms in total. The lowest BCUT2D eigenvalue weighted by molar-refractivity contribution is -0.670. The van der Waals surface area contributed by atoms with Crippen LogP contribution in [0.4, 0.5) is 0 Å². The van der Waals surface area contributed by atoms with E-state index in [1.807, 2.05) is 28.8 Å². The molecule has 1 aromatic carbocycles. The number of imidazole rings is 1. The Morgan fingerprint density at radius 2 is 2.21 bits per heavy atom. The summed E-state index contributed by atoms with van der Waals surface area (Å²) in [4.78, 5) is 13.5. The smallest absolute Gasteiger partial charge is 0.307 e. The van der Waals surface area contributed by atoms with Crippen LogP contribution in [-0.2, 0) is 11.3 Å². The second-order valence-corrected chi connectivity index (χ2v) is 3.13. The van der Waals surface area contributed by atoms with Crippen molar-refractivity contribution in [2.75, 3.05) is 0 Å². The fourth-order valence-electron chi connectivity index (χ4n) is 1.46. The van der Waals surface area contributed by atoms with Gasteiger partial charge in [-0.05, 0) is 12.1 Å². The molecule has 0 aliphatic carbocycles. The van der Waals surface area contributed by atoms with E-state index in [1.54, 1.807) is 6.33 Å². The highest BCUT2D eigenvalue weighted by atomic mass is 16.4. The summed E-state index contributed by atoms with van der Waals surface area (Å²) in [6, 6.07) is 7.81. The van der Waals surface area contributed by atoms with Crippen molar-refractivity contribution in [1.82, 2.24) is 4.98 Å². The highest BCUT2D eigenvalue weighted by Crippen LogP contribution is 2.05. The van der Waals surface area contributed by atoms with Crippen molar-refractivity contribution in [3.63, 3.8) is 0 Å². The number of hydrogen-bond donors (Lipinski definition) is 2. The number of fused-ring (bicyclic) bond motifs is 1. The van der Waals surface area contributed by atoms with E-state index < -0.39 is 5.97 Å². The zero-order chi connectivity index (χ0) is 9.97. The molecule has 1 aromatic heterocycles. The van der Waals surface area contributed by atoms with Crippen molar-refractivity contribution >= 4 is 17.0 Å². The standard InChI is InChI=1S/C10H10N2O2/c13-10(14)5-6-12-7-11-8-3-1-2-4-9(8)12/h1-4,7H,5-6H2,(H,13,14)/p+1. The Balaban J connectivity index is 2.29. The predicted molar refractivity (Wildman–Crippen MR) is 50.7 cm³/mol. The van der Waals surface area contributed by atoms with Crippen molar-refractivity contribution in [2.45, 2.75) is 13.0 Å². The van der Waals surface area contributed by atoms with Crippen molar-refractivity contribution in [3.8, 4) is 0 Å². The van der Waals surface area contributed by atoms with Gasteiger partial charge in [-0.15, -0.1) is 0 Å². The first kappa shape index (κ1) is 8.74. The average molecular weight is 191 g/mol. The number of carbonyl (C=O) groups is 1. The van der Waals surface area contributed by atoms with Gasteiger partial charge >= 0.3 is 5.97 Å². The van der Waals surface area contributed by atoms with Gasteiger partial charge in [0.15, 0.2) is 11.0 Å². The molecule has 1 heterocycles. The van der Waals surface area contributed by atoms with Crippen LogP contribution in [0.15, 0.2) is 30.6 Å². The molecule has 0 saturated heterocycles. The van der Waals surface area contributed by atoms with Crippen LogP contribution in [0.2, 0.25) is 0 Å². The van der Waals surface area contributed by atoms with E-state index in [0.29, 0.717) is 6.54 Å². The summed E-state index contributed by atoms with van der Waals surface area (Å²) in [5.74, 6) is -0.775. The highest BCUT2D eigenvalue weighted by Gasteiger charge is 2.09. The maximum atomic E-state index is 10.4. The van der Waals surface area contributed by atoms with Gasteiger partial charge in [-0.1, -0.05) is 12.1 Å². The lowest BCUT2D eigenvalue weighted by Crippen LogP contribution is -2.32. The fourth-order valence-corrected chi connectivity index (χ4v) is 1.46. The van der Waals surface area contributed by atoms with Crippen molar-refractivity contribution in [2.24, 2.45) is 0 Å². The molecule has 72 valence electrons. The molecule has 0 atom stereocenters. The number of aliphatic carboxylic acids is 1. The third-order valence-electron chi connectivity index (χ3n) is 2.16. The van der Waals surface area contributed by atoms with E-state index in [9.17, 15) is 4.79 Å². The van der Waals surface area contributed by atoms with Crippen LogP contribution in [0.25, 0.3) is 11.0 Å². The molecule has 0 bridgehead atoms. The summed E-state index contributed by atoms with van der Waals surface area (Å²) in [5.41, 5.74) is 2.06. The number of carboxylic acid groups (broad SMARTS) is 1. The Morgan fingerprint density at radius 1 is 1.43 bits per heavy atom. The number of para-hydroxylation sites is 2. The number of carboxylic acids is 1. The van der Waals surface area contributed by atoms with Gasteiger partial charge < -0.3 is 5.11 Å². The minimum atomic E-state index is -0.775. The molecule has 0 aliphatic rings. The van der Waals surface area contributed by atoms with Gasteiger partial charge in [0, 0.05) is 0 Å². The molecule has 0 unspecified atom stereocenters. The van der Waals surface area contributed by atoms with Gasteiger partial charge in [0.25, 0.3) is 0 Å². The highest BCUT2D eigenvalue weighted by molar-refractivity contribution is 5.70. The van der Waals surface area contributed by atoms with E-state index in [1.165, 1.54) is 0 Å². The van der Waals surface area contributed by atoms with Crippen LogP contribution in [0.1, 0.15) is 6.42 Å². The number of rotatable bonds is 3. The van der Waals surface area contributed by atoms with E-state index in [-0.39, 0.29) is 6.42 Å². The van der Waals surface area contributed by atoms with Crippen molar-refractivity contribution in [3.05, 3.63) is 30.6 Å². The maximum Gasteiger partial charge on any atom is 0.307 e. The number of aromatic amines is 1. The molecule has 0 amide bonds. The molecular formula is C10H11N2O2+. The number of hydrogen-bond acceptors (Lipinski definition) is 1. The van der Waals surface area contributed by atoms with E-state index in [2.05, 4.69) is 4.98 Å².